The maximum Gasteiger partial charge on any atom is 0.261 e. The summed E-state index contributed by atoms with van der Waals surface area (Å²) in [6.45, 7) is 2.72. The van der Waals surface area contributed by atoms with E-state index >= 15 is 0 Å². The Morgan fingerprint density at radius 2 is 2.24 bits per heavy atom. The second-order valence-corrected chi connectivity index (χ2v) is 6.66. The van der Waals surface area contributed by atoms with E-state index in [1.165, 1.54) is 16.5 Å². The summed E-state index contributed by atoms with van der Waals surface area (Å²) in [5.74, 6) is -0.0596. The lowest BCUT2D eigenvalue weighted by atomic mass is 10.1. The minimum Gasteiger partial charge on any atom is -0.352 e. The third kappa shape index (κ3) is 5.14. The lowest BCUT2D eigenvalue weighted by Gasteiger charge is -2.14. The SMILES string of the molecule is Cl.O=C(CCn1cnc2ccc(Br)cc2c1=O)NCC1=CCNCC1. The van der Waals surface area contributed by atoms with Crippen molar-refractivity contribution in [1.29, 1.82) is 0 Å². The molecule has 2 aromatic rings. The van der Waals surface area contributed by atoms with E-state index in [-0.39, 0.29) is 30.3 Å². The van der Waals surface area contributed by atoms with Crippen molar-refractivity contribution >= 4 is 45.1 Å². The Hall–Kier alpha value is -1.70. The molecule has 0 spiro atoms. The van der Waals surface area contributed by atoms with E-state index < -0.39 is 0 Å². The van der Waals surface area contributed by atoms with Crippen LogP contribution in [0.5, 0.6) is 0 Å². The molecule has 25 heavy (non-hydrogen) atoms. The molecule has 6 nitrogen and oxygen atoms in total. The second kappa shape index (κ2) is 9.12. The molecule has 2 N–H and O–H groups in total. The fourth-order valence-electron chi connectivity index (χ4n) is 2.64. The van der Waals surface area contributed by atoms with Gasteiger partial charge in [-0.25, -0.2) is 4.98 Å². The number of carbonyl (C=O) groups is 1. The number of carbonyl (C=O) groups excluding carboxylic acids is 1. The van der Waals surface area contributed by atoms with Crippen LogP contribution >= 0.6 is 28.3 Å². The highest BCUT2D eigenvalue weighted by Gasteiger charge is 2.08. The van der Waals surface area contributed by atoms with Crippen molar-refractivity contribution in [1.82, 2.24) is 20.2 Å². The molecule has 0 unspecified atom stereocenters. The van der Waals surface area contributed by atoms with Crippen LogP contribution in [0, 0.1) is 0 Å². The smallest absolute Gasteiger partial charge is 0.261 e. The minimum absolute atomic E-state index is 0. The average molecular weight is 428 g/mol. The first-order valence-electron chi connectivity index (χ1n) is 7.93. The Morgan fingerprint density at radius 1 is 1.40 bits per heavy atom. The number of aromatic nitrogens is 2. The van der Waals surface area contributed by atoms with Crippen LogP contribution in [0.15, 0.2) is 45.4 Å². The number of benzene rings is 1. The van der Waals surface area contributed by atoms with Gasteiger partial charge >= 0.3 is 0 Å². The van der Waals surface area contributed by atoms with Gasteiger partial charge in [0.15, 0.2) is 0 Å². The molecule has 8 heteroatoms. The average Bonchev–Trinajstić information content (AvgIpc) is 2.61. The molecule has 0 saturated heterocycles. The molecule has 1 aromatic heterocycles. The number of amides is 1. The zero-order valence-corrected chi connectivity index (χ0v) is 16.0. The summed E-state index contributed by atoms with van der Waals surface area (Å²) in [5.41, 5.74) is 1.77. The maximum atomic E-state index is 12.5. The summed E-state index contributed by atoms with van der Waals surface area (Å²) in [6.07, 6.45) is 4.83. The van der Waals surface area contributed by atoms with Gasteiger partial charge in [-0.2, -0.15) is 0 Å². The topological polar surface area (TPSA) is 76.0 Å². The molecule has 0 saturated carbocycles. The molecule has 0 radical (unpaired) electrons. The molecule has 0 bridgehead atoms. The Balaban J connectivity index is 0.00000225. The van der Waals surface area contributed by atoms with Crippen LogP contribution < -0.4 is 16.2 Å². The normalized spacial score (nSPS) is 13.9. The van der Waals surface area contributed by atoms with Crippen molar-refractivity contribution in [2.24, 2.45) is 0 Å². The summed E-state index contributed by atoms with van der Waals surface area (Å²) in [4.78, 5) is 28.7. The van der Waals surface area contributed by atoms with Crippen LogP contribution in [0.3, 0.4) is 0 Å². The molecule has 1 aliphatic heterocycles. The van der Waals surface area contributed by atoms with Gasteiger partial charge in [-0.1, -0.05) is 27.6 Å². The molecule has 0 fully saturated rings. The van der Waals surface area contributed by atoms with E-state index in [2.05, 4.69) is 37.6 Å². The first-order valence-corrected chi connectivity index (χ1v) is 8.73. The fraction of sp³-hybridized carbons (Fsp3) is 0.353. The molecule has 1 aliphatic rings. The first kappa shape index (κ1) is 19.6. The Morgan fingerprint density at radius 3 is 3.00 bits per heavy atom. The Kier molecular flexibility index (Phi) is 7.16. The zero-order valence-electron chi connectivity index (χ0n) is 13.6. The third-order valence-corrected chi connectivity index (χ3v) is 4.53. The van der Waals surface area contributed by atoms with Gasteiger partial charge in [0.1, 0.15) is 0 Å². The van der Waals surface area contributed by atoms with Crippen molar-refractivity contribution in [3.05, 3.63) is 51.0 Å². The number of nitrogens with one attached hydrogen (secondary N) is 2. The van der Waals surface area contributed by atoms with Gasteiger partial charge in [0.25, 0.3) is 5.56 Å². The second-order valence-electron chi connectivity index (χ2n) is 5.75. The van der Waals surface area contributed by atoms with Crippen molar-refractivity contribution < 1.29 is 4.79 Å². The summed E-state index contributed by atoms with van der Waals surface area (Å²) in [7, 11) is 0. The van der Waals surface area contributed by atoms with Crippen molar-refractivity contribution in [2.45, 2.75) is 19.4 Å². The number of rotatable bonds is 5. The van der Waals surface area contributed by atoms with E-state index in [9.17, 15) is 9.59 Å². The number of hydrogen-bond acceptors (Lipinski definition) is 4. The van der Waals surface area contributed by atoms with E-state index in [1.54, 1.807) is 12.1 Å². The number of hydrogen-bond donors (Lipinski definition) is 2. The summed E-state index contributed by atoms with van der Waals surface area (Å²) in [6, 6.07) is 5.40. The molecular weight excluding hydrogens is 408 g/mol. The molecule has 134 valence electrons. The van der Waals surface area contributed by atoms with Gasteiger partial charge in [0, 0.05) is 30.5 Å². The van der Waals surface area contributed by atoms with Crippen LogP contribution in [0.25, 0.3) is 10.9 Å². The van der Waals surface area contributed by atoms with Crippen LogP contribution in [-0.2, 0) is 11.3 Å². The van der Waals surface area contributed by atoms with Crippen LogP contribution in [0.1, 0.15) is 12.8 Å². The highest BCUT2D eigenvalue weighted by Crippen LogP contribution is 2.14. The summed E-state index contributed by atoms with van der Waals surface area (Å²) < 4.78 is 2.32. The third-order valence-electron chi connectivity index (χ3n) is 4.04. The zero-order chi connectivity index (χ0) is 16.9. The van der Waals surface area contributed by atoms with Gasteiger partial charge in [-0.15, -0.1) is 12.4 Å². The van der Waals surface area contributed by atoms with Gasteiger partial charge in [0.2, 0.25) is 5.91 Å². The summed E-state index contributed by atoms with van der Waals surface area (Å²) in [5, 5.41) is 6.69. The van der Waals surface area contributed by atoms with Gasteiger partial charge in [-0.3, -0.25) is 14.2 Å². The van der Waals surface area contributed by atoms with E-state index in [0.29, 0.717) is 24.0 Å². The number of fused-ring (bicyclic) bond motifs is 1. The van der Waals surface area contributed by atoms with E-state index in [4.69, 9.17) is 0 Å². The molecular formula is C17H20BrClN4O2. The standard InChI is InChI=1S/C17H19BrN4O2.ClH/c18-13-1-2-15-14(9-13)17(24)22(11-21-15)8-5-16(23)20-10-12-3-6-19-7-4-12;/h1-3,9,11,19H,4-8,10H2,(H,20,23);1H. The number of nitrogens with zero attached hydrogens (tertiary/aromatic N) is 2. The monoisotopic (exact) mass is 426 g/mol. The number of aryl methyl sites for hydroxylation is 1. The van der Waals surface area contributed by atoms with Crippen LogP contribution in [0.2, 0.25) is 0 Å². The van der Waals surface area contributed by atoms with Gasteiger partial charge in [-0.05, 0) is 31.2 Å². The fourth-order valence-corrected chi connectivity index (χ4v) is 3.00. The first-order chi connectivity index (χ1) is 11.6. The van der Waals surface area contributed by atoms with E-state index in [1.807, 2.05) is 6.07 Å². The van der Waals surface area contributed by atoms with Gasteiger partial charge in [0.05, 0.1) is 17.2 Å². The van der Waals surface area contributed by atoms with Crippen molar-refractivity contribution in [3.8, 4) is 0 Å². The van der Waals surface area contributed by atoms with Crippen LogP contribution in [-0.4, -0.2) is 35.1 Å². The lowest BCUT2D eigenvalue weighted by molar-refractivity contribution is -0.121. The van der Waals surface area contributed by atoms with Gasteiger partial charge < -0.3 is 10.6 Å². The largest absolute Gasteiger partial charge is 0.352 e. The Labute approximate surface area is 160 Å². The van der Waals surface area contributed by atoms with Crippen molar-refractivity contribution in [2.75, 3.05) is 19.6 Å². The molecule has 3 rings (SSSR count). The predicted molar refractivity (Wildman–Crippen MR) is 104 cm³/mol. The molecule has 0 atom stereocenters. The van der Waals surface area contributed by atoms with Crippen LogP contribution in [0.4, 0.5) is 0 Å². The highest BCUT2D eigenvalue weighted by atomic mass is 79.9. The predicted octanol–water partition coefficient (Wildman–Crippen LogP) is 2.01. The summed E-state index contributed by atoms with van der Waals surface area (Å²) >= 11 is 3.36. The highest BCUT2D eigenvalue weighted by molar-refractivity contribution is 9.10. The molecule has 2 heterocycles. The van der Waals surface area contributed by atoms with Crippen molar-refractivity contribution in [3.63, 3.8) is 0 Å². The maximum absolute atomic E-state index is 12.5. The lowest BCUT2D eigenvalue weighted by Crippen LogP contribution is -2.31. The molecule has 1 aromatic carbocycles. The molecule has 1 amide bonds. The number of halogens is 2. The molecule has 0 aliphatic carbocycles. The quantitative estimate of drug-likeness (QED) is 0.716. The minimum atomic E-state index is -0.129. The Bertz CT molecular complexity index is 850. The van der Waals surface area contributed by atoms with E-state index in [0.717, 1.165) is 24.0 Å².